The maximum Gasteiger partial charge on any atom is 0.222 e. The van der Waals surface area contributed by atoms with Crippen LogP contribution in [0.5, 0.6) is 0 Å². The van der Waals surface area contributed by atoms with Gasteiger partial charge in [-0.2, -0.15) is 0 Å². The summed E-state index contributed by atoms with van der Waals surface area (Å²) in [7, 11) is 0. The van der Waals surface area contributed by atoms with Gasteiger partial charge in [0.1, 0.15) is 0 Å². The third-order valence-corrected chi connectivity index (χ3v) is 3.32. The Morgan fingerprint density at radius 2 is 1.90 bits per heavy atom. The van der Waals surface area contributed by atoms with Crippen LogP contribution >= 0.6 is 11.6 Å². The SMILES string of the molecule is Cc1cc(C(=O)CCl)c(C)n1CCC(=O)NC(C)(C)C. The average Bonchev–Trinajstić information content (AvgIpc) is 2.59. The summed E-state index contributed by atoms with van der Waals surface area (Å²) in [5.74, 6) is -0.0881. The van der Waals surface area contributed by atoms with Crippen molar-refractivity contribution in [2.24, 2.45) is 0 Å². The van der Waals surface area contributed by atoms with E-state index in [1.807, 2.05) is 45.3 Å². The Kier molecular flexibility index (Phi) is 5.40. The summed E-state index contributed by atoms with van der Waals surface area (Å²) >= 11 is 5.60. The van der Waals surface area contributed by atoms with E-state index in [0.29, 0.717) is 18.5 Å². The van der Waals surface area contributed by atoms with Gasteiger partial charge in [-0.25, -0.2) is 0 Å². The molecule has 20 heavy (non-hydrogen) atoms. The molecule has 4 nitrogen and oxygen atoms in total. The van der Waals surface area contributed by atoms with Crippen molar-refractivity contribution in [2.45, 2.75) is 53.1 Å². The summed E-state index contributed by atoms with van der Waals surface area (Å²) in [5.41, 5.74) is 2.27. The van der Waals surface area contributed by atoms with E-state index < -0.39 is 0 Å². The number of hydrogen-bond acceptors (Lipinski definition) is 2. The summed E-state index contributed by atoms with van der Waals surface area (Å²) in [6.45, 7) is 10.2. The molecule has 0 spiro atoms. The molecule has 0 atom stereocenters. The molecule has 0 saturated carbocycles. The van der Waals surface area contributed by atoms with Crippen molar-refractivity contribution in [3.63, 3.8) is 0 Å². The molecule has 112 valence electrons. The molecule has 0 aliphatic rings. The standard InChI is InChI=1S/C15H23ClN2O2/c1-10-8-12(13(19)9-16)11(2)18(10)7-6-14(20)17-15(3,4)5/h8H,6-7,9H2,1-5H3,(H,17,20). The highest BCUT2D eigenvalue weighted by Crippen LogP contribution is 2.17. The number of nitrogens with one attached hydrogen (secondary N) is 1. The van der Waals surface area contributed by atoms with Crippen LogP contribution in [0.4, 0.5) is 0 Å². The van der Waals surface area contributed by atoms with Crippen LogP contribution in [-0.4, -0.2) is 27.7 Å². The third kappa shape index (κ3) is 4.37. The largest absolute Gasteiger partial charge is 0.351 e. The molecule has 0 aliphatic heterocycles. The minimum absolute atomic E-state index is 0.00946. The van der Waals surface area contributed by atoms with Gasteiger partial charge < -0.3 is 9.88 Å². The predicted octanol–water partition coefficient (Wildman–Crippen LogP) is 2.83. The molecule has 0 unspecified atom stereocenters. The van der Waals surface area contributed by atoms with Crippen LogP contribution < -0.4 is 5.32 Å². The molecular formula is C15H23ClN2O2. The van der Waals surface area contributed by atoms with Gasteiger partial charge in [0.2, 0.25) is 5.91 Å². The van der Waals surface area contributed by atoms with Crippen molar-refractivity contribution in [2.75, 3.05) is 5.88 Å². The molecule has 0 saturated heterocycles. The molecule has 0 fully saturated rings. The van der Waals surface area contributed by atoms with Gasteiger partial charge in [-0.3, -0.25) is 9.59 Å². The van der Waals surface area contributed by atoms with Gasteiger partial charge >= 0.3 is 0 Å². The molecule has 1 aromatic heterocycles. The quantitative estimate of drug-likeness (QED) is 0.671. The molecule has 5 heteroatoms. The topological polar surface area (TPSA) is 51.1 Å². The summed E-state index contributed by atoms with van der Waals surface area (Å²) < 4.78 is 1.99. The minimum atomic E-state index is -0.225. The normalized spacial score (nSPS) is 11.5. The van der Waals surface area contributed by atoms with E-state index in [1.54, 1.807) is 0 Å². The predicted molar refractivity (Wildman–Crippen MR) is 81.5 cm³/mol. The molecular weight excluding hydrogens is 276 g/mol. The summed E-state index contributed by atoms with van der Waals surface area (Å²) in [4.78, 5) is 23.5. The average molecular weight is 299 g/mol. The zero-order valence-corrected chi connectivity index (χ0v) is 13.6. The van der Waals surface area contributed by atoms with Crippen molar-refractivity contribution in [3.8, 4) is 0 Å². The van der Waals surface area contributed by atoms with Gasteiger partial charge in [-0.1, -0.05) is 0 Å². The van der Waals surface area contributed by atoms with Crippen molar-refractivity contribution in [3.05, 3.63) is 23.0 Å². The lowest BCUT2D eigenvalue weighted by molar-refractivity contribution is -0.122. The van der Waals surface area contributed by atoms with E-state index in [0.717, 1.165) is 11.4 Å². The van der Waals surface area contributed by atoms with Gasteiger partial charge in [0.15, 0.2) is 5.78 Å². The van der Waals surface area contributed by atoms with E-state index in [4.69, 9.17) is 11.6 Å². The lowest BCUT2D eigenvalue weighted by Gasteiger charge is -2.20. The Hall–Kier alpha value is -1.29. The van der Waals surface area contributed by atoms with Crippen molar-refractivity contribution in [1.82, 2.24) is 9.88 Å². The number of aryl methyl sites for hydroxylation is 1. The van der Waals surface area contributed by atoms with Crippen molar-refractivity contribution < 1.29 is 9.59 Å². The second kappa shape index (κ2) is 6.44. The number of amides is 1. The number of alkyl halides is 1. The maximum absolute atomic E-state index is 11.8. The van der Waals surface area contributed by atoms with E-state index in [2.05, 4.69) is 5.32 Å². The number of aromatic nitrogens is 1. The third-order valence-electron chi connectivity index (χ3n) is 3.07. The Balaban J connectivity index is 2.77. The van der Waals surface area contributed by atoms with E-state index in [9.17, 15) is 9.59 Å². The fourth-order valence-electron chi connectivity index (χ4n) is 2.19. The van der Waals surface area contributed by atoms with Gasteiger partial charge in [0, 0.05) is 35.5 Å². The first-order chi connectivity index (χ1) is 9.15. The Morgan fingerprint density at radius 1 is 1.30 bits per heavy atom. The first kappa shape index (κ1) is 16.8. The van der Waals surface area contributed by atoms with Gasteiger partial charge in [-0.15, -0.1) is 11.6 Å². The molecule has 1 heterocycles. The second-order valence-corrected chi connectivity index (χ2v) is 6.31. The fourth-order valence-corrected chi connectivity index (χ4v) is 2.34. The zero-order chi connectivity index (χ0) is 15.5. The fraction of sp³-hybridized carbons (Fsp3) is 0.600. The van der Waals surface area contributed by atoms with E-state index in [-0.39, 0.29) is 23.1 Å². The number of carbonyl (C=O) groups excluding carboxylic acids is 2. The van der Waals surface area contributed by atoms with Crippen LogP contribution in [0.25, 0.3) is 0 Å². The maximum atomic E-state index is 11.8. The number of nitrogens with zero attached hydrogens (tertiary/aromatic N) is 1. The van der Waals surface area contributed by atoms with Crippen LogP contribution in [0.2, 0.25) is 0 Å². The van der Waals surface area contributed by atoms with Crippen molar-refractivity contribution in [1.29, 1.82) is 0 Å². The number of halogens is 1. The molecule has 0 aromatic carbocycles. The molecule has 0 radical (unpaired) electrons. The molecule has 1 amide bonds. The summed E-state index contributed by atoms with van der Waals surface area (Å²) in [6.07, 6.45) is 0.391. The van der Waals surface area contributed by atoms with Crippen LogP contribution in [0.1, 0.15) is 48.9 Å². The van der Waals surface area contributed by atoms with Crippen LogP contribution in [0, 0.1) is 13.8 Å². The Labute approximate surface area is 125 Å². The monoisotopic (exact) mass is 298 g/mol. The highest BCUT2D eigenvalue weighted by molar-refractivity contribution is 6.30. The number of ketones is 1. The van der Waals surface area contributed by atoms with Crippen LogP contribution in [0.3, 0.4) is 0 Å². The zero-order valence-electron chi connectivity index (χ0n) is 12.8. The molecule has 0 bridgehead atoms. The van der Waals surface area contributed by atoms with Gasteiger partial charge in [0.05, 0.1) is 5.88 Å². The Morgan fingerprint density at radius 3 is 2.40 bits per heavy atom. The van der Waals surface area contributed by atoms with Crippen LogP contribution in [0.15, 0.2) is 6.07 Å². The highest BCUT2D eigenvalue weighted by Gasteiger charge is 2.17. The second-order valence-electron chi connectivity index (χ2n) is 6.04. The first-order valence-corrected chi connectivity index (χ1v) is 7.26. The summed E-state index contributed by atoms with van der Waals surface area (Å²) in [5, 5.41) is 2.93. The molecule has 1 N–H and O–H groups in total. The number of hydrogen-bond donors (Lipinski definition) is 1. The molecule has 0 aliphatic carbocycles. The smallest absolute Gasteiger partial charge is 0.222 e. The number of Topliss-reactive ketones (excluding diaryl/α,β-unsaturated/α-hetero) is 1. The lowest BCUT2D eigenvalue weighted by atomic mass is 10.1. The Bertz CT molecular complexity index is 513. The van der Waals surface area contributed by atoms with Crippen molar-refractivity contribution >= 4 is 23.3 Å². The van der Waals surface area contributed by atoms with Gasteiger partial charge in [-0.05, 0) is 40.7 Å². The lowest BCUT2D eigenvalue weighted by Crippen LogP contribution is -2.40. The molecule has 1 aromatic rings. The number of carbonyl (C=O) groups is 2. The van der Waals surface area contributed by atoms with E-state index in [1.165, 1.54) is 0 Å². The summed E-state index contributed by atoms with van der Waals surface area (Å²) in [6, 6.07) is 1.84. The van der Waals surface area contributed by atoms with Gasteiger partial charge in [0.25, 0.3) is 0 Å². The number of rotatable bonds is 5. The molecule has 1 rings (SSSR count). The van der Waals surface area contributed by atoms with Crippen LogP contribution in [-0.2, 0) is 11.3 Å². The highest BCUT2D eigenvalue weighted by atomic mass is 35.5. The minimum Gasteiger partial charge on any atom is -0.351 e. The van der Waals surface area contributed by atoms with E-state index >= 15 is 0 Å². The first-order valence-electron chi connectivity index (χ1n) is 6.72.